The van der Waals surface area contributed by atoms with Gasteiger partial charge in [0.25, 0.3) is 11.6 Å². The zero-order chi connectivity index (χ0) is 15.4. The molecule has 2 aromatic rings. The number of hydrogen-bond donors (Lipinski definition) is 2. The van der Waals surface area contributed by atoms with Gasteiger partial charge in [0.2, 0.25) is 0 Å². The van der Waals surface area contributed by atoms with Gasteiger partial charge in [-0.05, 0) is 40.9 Å². The Labute approximate surface area is 126 Å². The Hall–Kier alpha value is -2.41. The smallest absolute Gasteiger partial charge is 0.282 e. The first kappa shape index (κ1) is 15.0. The molecule has 1 amide bonds. The molecule has 21 heavy (non-hydrogen) atoms. The number of aryl methyl sites for hydroxylation is 1. The fourth-order valence-electron chi connectivity index (χ4n) is 1.87. The Kier molecular flexibility index (Phi) is 4.54. The van der Waals surface area contributed by atoms with Crippen LogP contribution >= 0.6 is 11.3 Å². The molecular weight excluding hydrogens is 290 g/mol. The molecule has 1 heterocycles. The van der Waals surface area contributed by atoms with Crippen molar-refractivity contribution in [2.45, 2.75) is 13.5 Å². The van der Waals surface area contributed by atoms with E-state index in [1.807, 2.05) is 17.7 Å². The second-order valence-electron chi connectivity index (χ2n) is 4.50. The maximum Gasteiger partial charge on any atom is 0.282 e. The number of nitrogens with zero attached hydrogens (tertiary/aromatic N) is 1. The molecule has 0 saturated carbocycles. The molecule has 0 aliphatic rings. The van der Waals surface area contributed by atoms with Crippen molar-refractivity contribution in [2.24, 2.45) is 0 Å². The monoisotopic (exact) mass is 305 g/mol. The van der Waals surface area contributed by atoms with Crippen molar-refractivity contribution in [1.29, 1.82) is 0 Å². The number of benzene rings is 1. The number of thiophene rings is 1. The van der Waals surface area contributed by atoms with Crippen LogP contribution in [0.15, 0.2) is 29.0 Å². The minimum Gasteiger partial charge on any atom is -0.388 e. The average Bonchev–Trinajstić information content (AvgIpc) is 2.89. The summed E-state index contributed by atoms with van der Waals surface area (Å²) >= 11 is 1.56. The molecule has 0 fully saturated rings. The number of carbonyl (C=O) groups excluding carboxylic acids is 1. The summed E-state index contributed by atoms with van der Waals surface area (Å²) in [6, 6.07) is 4.38. The van der Waals surface area contributed by atoms with Crippen LogP contribution in [0.4, 0.5) is 11.4 Å². The Bertz CT molecular complexity index is 682. The van der Waals surface area contributed by atoms with Crippen LogP contribution in [0.3, 0.4) is 0 Å². The molecule has 0 radical (unpaired) electrons. The van der Waals surface area contributed by atoms with Crippen LogP contribution < -0.4 is 10.6 Å². The molecule has 0 spiro atoms. The molecule has 2 rings (SSSR count). The second-order valence-corrected chi connectivity index (χ2v) is 5.25. The summed E-state index contributed by atoms with van der Waals surface area (Å²) in [5.41, 5.74) is 2.62. The number of hydrogen-bond acceptors (Lipinski definition) is 5. The van der Waals surface area contributed by atoms with Crippen LogP contribution in [0.2, 0.25) is 0 Å². The van der Waals surface area contributed by atoms with E-state index in [-0.39, 0.29) is 11.3 Å². The largest absolute Gasteiger partial charge is 0.388 e. The predicted molar refractivity (Wildman–Crippen MR) is 82.9 cm³/mol. The molecule has 1 aromatic heterocycles. The Morgan fingerprint density at radius 3 is 2.71 bits per heavy atom. The zero-order valence-corrected chi connectivity index (χ0v) is 12.5. The minimum absolute atomic E-state index is 0.0553. The van der Waals surface area contributed by atoms with Crippen molar-refractivity contribution in [3.05, 3.63) is 55.8 Å². The second kappa shape index (κ2) is 6.36. The van der Waals surface area contributed by atoms with E-state index in [1.165, 1.54) is 12.1 Å². The van der Waals surface area contributed by atoms with Gasteiger partial charge in [-0.15, -0.1) is 0 Å². The lowest BCUT2D eigenvalue weighted by molar-refractivity contribution is -0.385. The standard InChI is InChI=1S/C14H15N3O3S/c1-9-7-21-8-10(9)6-16-14(18)12-5-11(15-2)3-4-13(12)17(19)20/h3-5,7-8,15H,6H2,1-2H3,(H,16,18). The van der Waals surface area contributed by atoms with E-state index in [0.29, 0.717) is 12.2 Å². The van der Waals surface area contributed by atoms with Crippen molar-refractivity contribution in [1.82, 2.24) is 5.32 Å². The number of anilines is 1. The van der Waals surface area contributed by atoms with Crippen LogP contribution in [0.25, 0.3) is 0 Å². The first-order chi connectivity index (χ1) is 10.0. The molecule has 0 bridgehead atoms. The van der Waals surface area contributed by atoms with Crippen LogP contribution in [0.5, 0.6) is 0 Å². The molecular formula is C14H15N3O3S. The van der Waals surface area contributed by atoms with E-state index in [2.05, 4.69) is 10.6 Å². The highest BCUT2D eigenvalue weighted by atomic mass is 32.1. The summed E-state index contributed by atoms with van der Waals surface area (Å²) in [6.45, 7) is 2.32. The lowest BCUT2D eigenvalue weighted by Gasteiger charge is -2.08. The van der Waals surface area contributed by atoms with E-state index in [1.54, 1.807) is 24.5 Å². The fraction of sp³-hybridized carbons (Fsp3) is 0.214. The number of amides is 1. The minimum atomic E-state index is -0.551. The third kappa shape index (κ3) is 3.38. The van der Waals surface area contributed by atoms with Crippen LogP contribution in [0.1, 0.15) is 21.5 Å². The summed E-state index contributed by atoms with van der Waals surface area (Å²) in [5, 5.41) is 20.6. The summed E-state index contributed by atoms with van der Waals surface area (Å²) in [4.78, 5) is 22.7. The van der Waals surface area contributed by atoms with E-state index in [9.17, 15) is 14.9 Å². The third-order valence-electron chi connectivity index (χ3n) is 3.13. The molecule has 0 saturated heterocycles. The highest BCUT2D eigenvalue weighted by molar-refractivity contribution is 7.08. The number of rotatable bonds is 5. The highest BCUT2D eigenvalue weighted by Crippen LogP contribution is 2.22. The Balaban J connectivity index is 2.21. The van der Waals surface area contributed by atoms with Gasteiger partial charge >= 0.3 is 0 Å². The van der Waals surface area contributed by atoms with Crippen molar-refractivity contribution in [2.75, 3.05) is 12.4 Å². The molecule has 1 aromatic carbocycles. The van der Waals surface area contributed by atoms with Crippen LogP contribution in [0, 0.1) is 17.0 Å². The lowest BCUT2D eigenvalue weighted by atomic mass is 10.1. The van der Waals surface area contributed by atoms with Crippen molar-refractivity contribution < 1.29 is 9.72 Å². The highest BCUT2D eigenvalue weighted by Gasteiger charge is 2.20. The fourth-order valence-corrected chi connectivity index (χ4v) is 2.73. The normalized spacial score (nSPS) is 10.2. The van der Waals surface area contributed by atoms with E-state index < -0.39 is 10.8 Å². The number of nitro benzene ring substituents is 1. The summed E-state index contributed by atoms with van der Waals surface area (Å²) in [6.07, 6.45) is 0. The zero-order valence-electron chi connectivity index (χ0n) is 11.7. The van der Waals surface area contributed by atoms with Gasteiger partial charge in [-0.2, -0.15) is 11.3 Å². The number of carbonyl (C=O) groups is 1. The van der Waals surface area contributed by atoms with Gasteiger partial charge in [-0.1, -0.05) is 0 Å². The molecule has 0 atom stereocenters. The summed E-state index contributed by atoms with van der Waals surface area (Å²) < 4.78 is 0. The maximum atomic E-state index is 12.2. The van der Waals surface area contributed by atoms with Gasteiger partial charge in [0.15, 0.2) is 0 Å². The molecule has 0 aliphatic heterocycles. The van der Waals surface area contributed by atoms with Gasteiger partial charge in [0, 0.05) is 25.3 Å². The maximum absolute atomic E-state index is 12.2. The lowest BCUT2D eigenvalue weighted by Crippen LogP contribution is -2.24. The van der Waals surface area contributed by atoms with E-state index in [0.717, 1.165) is 11.1 Å². The molecule has 6 nitrogen and oxygen atoms in total. The number of nitrogens with one attached hydrogen (secondary N) is 2. The molecule has 0 unspecified atom stereocenters. The van der Waals surface area contributed by atoms with Gasteiger partial charge in [-0.25, -0.2) is 0 Å². The summed E-state index contributed by atoms with van der Waals surface area (Å²) in [5.74, 6) is -0.454. The van der Waals surface area contributed by atoms with Gasteiger partial charge in [0.1, 0.15) is 5.56 Å². The van der Waals surface area contributed by atoms with Crippen molar-refractivity contribution in [3.63, 3.8) is 0 Å². The predicted octanol–water partition coefficient (Wildman–Crippen LogP) is 2.94. The van der Waals surface area contributed by atoms with Gasteiger partial charge in [0.05, 0.1) is 4.92 Å². The quantitative estimate of drug-likeness (QED) is 0.657. The molecule has 2 N–H and O–H groups in total. The SMILES string of the molecule is CNc1ccc([N+](=O)[O-])c(C(=O)NCc2cscc2C)c1. The van der Waals surface area contributed by atoms with Crippen LogP contribution in [-0.2, 0) is 6.54 Å². The van der Waals surface area contributed by atoms with E-state index >= 15 is 0 Å². The van der Waals surface area contributed by atoms with Gasteiger partial charge in [-0.3, -0.25) is 14.9 Å². The average molecular weight is 305 g/mol. The Morgan fingerprint density at radius 1 is 1.38 bits per heavy atom. The summed E-state index contributed by atoms with van der Waals surface area (Å²) in [7, 11) is 1.69. The topological polar surface area (TPSA) is 84.3 Å². The first-order valence-electron chi connectivity index (χ1n) is 6.29. The van der Waals surface area contributed by atoms with Gasteiger partial charge < -0.3 is 10.6 Å². The van der Waals surface area contributed by atoms with Crippen LogP contribution in [-0.4, -0.2) is 17.9 Å². The van der Waals surface area contributed by atoms with E-state index in [4.69, 9.17) is 0 Å². The Morgan fingerprint density at radius 2 is 2.14 bits per heavy atom. The third-order valence-corrected chi connectivity index (χ3v) is 4.04. The van der Waals surface area contributed by atoms with Crippen molar-refractivity contribution >= 4 is 28.6 Å². The molecule has 0 aliphatic carbocycles. The van der Waals surface area contributed by atoms with Crippen molar-refractivity contribution in [3.8, 4) is 0 Å². The number of nitro groups is 1. The molecule has 110 valence electrons. The molecule has 7 heteroatoms. The first-order valence-corrected chi connectivity index (χ1v) is 7.23.